The van der Waals surface area contributed by atoms with Crippen molar-refractivity contribution in [1.82, 2.24) is 9.29 Å². The molecule has 3 aromatic rings. The SMILES string of the molecule is Cc1ccc(S(=O)(=O)N(C)C)cc1NC(=O)Cc1nc(-c2cccs2)oc1C. The predicted octanol–water partition coefficient (Wildman–Crippen LogP) is 3.45. The highest BCUT2D eigenvalue weighted by atomic mass is 32.2. The number of hydrogen-bond acceptors (Lipinski definition) is 6. The highest BCUT2D eigenvalue weighted by molar-refractivity contribution is 7.89. The molecule has 148 valence electrons. The van der Waals surface area contributed by atoms with Gasteiger partial charge in [0.25, 0.3) is 0 Å². The Balaban J connectivity index is 1.79. The number of aryl methyl sites for hydroxylation is 2. The van der Waals surface area contributed by atoms with Crippen molar-refractivity contribution in [2.75, 3.05) is 19.4 Å². The molecule has 0 bridgehead atoms. The van der Waals surface area contributed by atoms with Gasteiger partial charge in [0.1, 0.15) is 5.76 Å². The Morgan fingerprint density at radius 1 is 1.25 bits per heavy atom. The van der Waals surface area contributed by atoms with Crippen molar-refractivity contribution < 1.29 is 17.6 Å². The second kappa shape index (κ2) is 7.86. The molecule has 0 saturated carbocycles. The molecule has 0 atom stereocenters. The minimum Gasteiger partial charge on any atom is -0.440 e. The Kier molecular flexibility index (Phi) is 5.69. The van der Waals surface area contributed by atoms with Crippen LogP contribution in [0.1, 0.15) is 17.0 Å². The van der Waals surface area contributed by atoms with E-state index in [1.807, 2.05) is 17.5 Å². The van der Waals surface area contributed by atoms with Crippen LogP contribution in [0.15, 0.2) is 45.0 Å². The van der Waals surface area contributed by atoms with Gasteiger partial charge in [-0.2, -0.15) is 0 Å². The maximum atomic E-state index is 12.5. The van der Waals surface area contributed by atoms with Gasteiger partial charge in [0.05, 0.1) is 21.9 Å². The smallest absolute Gasteiger partial charge is 0.242 e. The number of rotatable bonds is 6. The van der Waals surface area contributed by atoms with Crippen molar-refractivity contribution in [3.05, 3.63) is 52.7 Å². The van der Waals surface area contributed by atoms with Crippen LogP contribution in [0.4, 0.5) is 5.69 Å². The second-order valence-electron chi connectivity index (χ2n) is 6.49. The topological polar surface area (TPSA) is 92.5 Å². The number of anilines is 1. The summed E-state index contributed by atoms with van der Waals surface area (Å²) in [5.74, 6) is 0.779. The number of aromatic nitrogens is 1. The van der Waals surface area contributed by atoms with E-state index in [4.69, 9.17) is 4.42 Å². The van der Waals surface area contributed by atoms with Crippen LogP contribution < -0.4 is 5.32 Å². The average Bonchev–Trinajstić information content (AvgIpc) is 3.27. The number of amides is 1. The van der Waals surface area contributed by atoms with E-state index in [1.165, 1.54) is 37.6 Å². The summed E-state index contributed by atoms with van der Waals surface area (Å²) < 4.78 is 31.4. The van der Waals surface area contributed by atoms with Crippen molar-refractivity contribution in [1.29, 1.82) is 0 Å². The standard InChI is InChI=1S/C19H21N3O4S2/c1-12-7-8-14(28(24,25)22(3)4)10-15(12)20-18(23)11-16-13(2)26-19(21-16)17-6-5-9-27-17/h5-10H,11H2,1-4H3,(H,20,23). The zero-order chi connectivity index (χ0) is 20.5. The lowest BCUT2D eigenvalue weighted by Gasteiger charge is -2.14. The quantitative estimate of drug-likeness (QED) is 0.661. The highest BCUT2D eigenvalue weighted by Gasteiger charge is 2.20. The summed E-state index contributed by atoms with van der Waals surface area (Å²) in [6, 6.07) is 8.47. The fraction of sp³-hybridized carbons (Fsp3) is 0.263. The molecule has 0 fully saturated rings. The first-order valence-electron chi connectivity index (χ1n) is 8.51. The Bertz CT molecular complexity index is 1100. The van der Waals surface area contributed by atoms with Crippen LogP contribution in [-0.2, 0) is 21.2 Å². The van der Waals surface area contributed by atoms with Crippen molar-refractivity contribution in [3.63, 3.8) is 0 Å². The van der Waals surface area contributed by atoms with Crippen LogP contribution in [0.3, 0.4) is 0 Å². The summed E-state index contributed by atoms with van der Waals surface area (Å²) in [6.07, 6.45) is 0.0325. The number of carbonyl (C=O) groups is 1. The second-order valence-corrected chi connectivity index (χ2v) is 9.59. The molecule has 28 heavy (non-hydrogen) atoms. The van der Waals surface area contributed by atoms with Crippen LogP contribution in [-0.4, -0.2) is 37.7 Å². The molecule has 1 aromatic carbocycles. The lowest BCUT2D eigenvalue weighted by Crippen LogP contribution is -2.22. The lowest BCUT2D eigenvalue weighted by molar-refractivity contribution is -0.115. The number of thiophene rings is 1. The van der Waals surface area contributed by atoms with Gasteiger partial charge in [0.15, 0.2) is 0 Å². The van der Waals surface area contributed by atoms with Crippen molar-refractivity contribution in [2.45, 2.75) is 25.2 Å². The molecule has 7 nitrogen and oxygen atoms in total. The van der Waals surface area contributed by atoms with Crippen LogP contribution in [0.25, 0.3) is 10.8 Å². The first-order valence-corrected chi connectivity index (χ1v) is 10.8. The molecule has 9 heteroatoms. The largest absolute Gasteiger partial charge is 0.440 e. The Morgan fingerprint density at radius 2 is 2.00 bits per heavy atom. The zero-order valence-corrected chi connectivity index (χ0v) is 17.6. The minimum absolute atomic E-state index is 0.0325. The summed E-state index contributed by atoms with van der Waals surface area (Å²) >= 11 is 1.51. The number of sulfonamides is 1. The van der Waals surface area contributed by atoms with Crippen molar-refractivity contribution in [2.24, 2.45) is 0 Å². The number of nitrogens with zero attached hydrogens (tertiary/aromatic N) is 2. The van der Waals surface area contributed by atoms with E-state index in [9.17, 15) is 13.2 Å². The Morgan fingerprint density at radius 3 is 2.64 bits per heavy atom. The fourth-order valence-electron chi connectivity index (χ4n) is 2.55. The molecule has 0 unspecified atom stereocenters. The van der Waals surface area contributed by atoms with E-state index in [0.29, 0.717) is 23.0 Å². The van der Waals surface area contributed by atoms with Crippen molar-refractivity contribution in [3.8, 4) is 10.8 Å². The molecule has 2 heterocycles. The van der Waals surface area contributed by atoms with E-state index in [2.05, 4.69) is 10.3 Å². The number of oxazole rings is 1. The first-order chi connectivity index (χ1) is 13.2. The van der Waals surface area contributed by atoms with Gasteiger partial charge in [0, 0.05) is 19.8 Å². The van der Waals surface area contributed by atoms with Crippen LogP contribution in [0.5, 0.6) is 0 Å². The predicted molar refractivity (Wildman–Crippen MR) is 109 cm³/mol. The van der Waals surface area contributed by atoms with Gasteiger partial charge in [-0.3, -0.25) is 4.79 Å². The average molecular weight is 420 g/mol. The Labute approximate surface area is 168 Å². The van der Waals surface area contributed by atoms with E-state index in [1.54, 1.807) is 19.9 Å². The molecular formula is C19H21N3O4S2. The monoisotopic (exact) mass is 419 g/mol. The zero-order valence-electron chi connectivity index (χ0n) is 16.0. The van der Waals surface area contributed by atoms with Gasteiger partial charge in [0.2, 0.25) is 21.8 Å². The van der Waals surface area contributed by atoms with Gasteiger partial charge in [-0.25, -0.2) is 17.7 Å². The molecule has 0 aliphatic heterocycles. The lowest BCUT2D eigenvalue weighted by atomic mass is 10.2. The number of hydrogen-bond donors (Lipinski definition) is 1. The first kappa shape index (κ1) is 20.2. The molecule has 2 aromatic heterocycles. The number of nitrogens with one attached hydrogen (secondary N) is 1. The minimum atomic E-state index is -3.58. The normalized spacial score (nSPS) is 11.8. The maximum Gasteiger partial charge on any atom is 0.242 e. The molecule has 1 amide bonds. The van der Waals surface area contributed by atoms with Gasteiger partial charge in [-0.1, -0.05) is 12.1 Å². The Hall–Kier alpha value is -2.49. The number of carbonyl (C=O) groups excluding carboxylic acids is 1. The maximum absolute atomic E-state index is 12.5. The molecule has 0 aliphatic rings. The van der Waals surface area contributed by atoms with Crippen molar-refractivity contribution >= 4 is 33.0 Å². The van der Waals surface area contributed by atoms with E-state index < -0.39 is 10.0 Å². The molecule has 0 spiro atoms. The summed E-state index contributed by atoms with van der Waals surface area (Å²) in [6.45, 7) is 3.57. The molecular weight excluding hydrogens is 398 g/mol. The summed E-state index contributed by atoms with van der Waals surface area (Å²) in [5, 5.41) is 4.71. The van der Waals surface area contributed by atoms with Gasteiger partial charge in [-0.15, -0.1) is 11.3 Å². The molecule has 1 N–H and O–H groups in total. The van der Waals surface area contributed by atoms with Gasteiger partial charge in [-0.05, 0) is 43.0 Å². The highest BCUT2D eigenvalue weighted by Crippen LogP contribution is 2.26. The fourth-order valence-corrected chi connectivity index (χ4v) is 4.13. The van der Waals surface area contributed by atoms with E-state index in [0.717, 1.165) is 14.7 Å². The van der Waals surface area contributed by atoms with Crippen LogP contribution in [0, 0.1) is 13.8 Å². The molecule has 0 aliphatic carbocycles. The number of benzene rings is 1. The third-order valence-electron chi connectivity index (χ3n) is 4.21. The van der Waals surface area contributed by atoms with Crippen LogP contribution >= 0.6 is 11.3 Å². The summed E-state index contributed by atoms with van der Waals surface area (Å²) in [4.78, 5) is 18.0. The molecule has 0 radical (unpaired) electrons. The van der Waals surface area contributed by atoms with E-state index in [-0.39, 0.29) is 17.2 Å². The molecule has 0 saturated heterocycles. The summed E-state index contributed by atoms with van der Waals surface area (Å²) in [7, 11) is -0.655. The third-order valence-corrected chi connectivity index (χ3v) is 6.88. The third kappa shape index (κ3) is 4.16. The van der Waals surface area contributed by atoms with Gasteiger partial charge < -0.3 is 9.73 Å². The molecule has 3 rings (SSSR count). The van der Waals surface area contributed by atoms with E-state index >= 15 is 0 Å². The summed E-state index contributed by atoms with van der Waals surface area (Å²) in [5.41, 5.74) is 1.77. The van der Waals surface area contributed by atoms with Gasteiger partial charge >= 0.3 is 0 Å². The van der Waals surface area contributed by atoms with Crippen LogP contribution in [0.2, 0.25) is 0 Å².